The summed E-state index contributed by atoms with van der Waals surface area (Å²) >= 11 is 1.59. The van der Waals surface area contributed by atoms with Crippen molar-refractivity contribution in [3.63, 3.8) is 0 Å². The fraction of sp³-hybridized carbons (Fsp3) is 0.692. The van der Waals surface area contributed by atoms with Gasteiger partial charge in [0.25, 0.3) is 0 Å². The number of nitrogens with two attached hydrogens (primary N) is 1. The lowest BCUT2D eigenvalue weighted by atomic mass is 10.00. The van der Waals surface area contributed by atoms with Crippen LogP contribution in [0, 0.1) is 12.8 Å². The van der Waals surface area contributed by atoms with Gasteiger partial charge in [0, 0.05) is 23.5 Å². The molecule has 0 radical (unpaired) electrons. The van der Waals surface area contributed by atoms with E-state index >= 15 is 0 Å². The van der Waals surface area contributed by atoms with E-state index in [0.717, 1.165) is 30.0 Å². The highest BCUT2D eigenvalue weighted by Gasteiger charge is 2.26. The number of nitrogens with one attached hydrogen (secondary N) is 1. The maximum absolute atomic E-state index is 11.9. The number of amides is 1. The van der Waals surface area contributed by atoms with Crippen molar-refractivity contribution in [3.8, 4) is 0 Å². The second-order valence-electron chi connectivity index (χ2n) is 5.18. The summed E-state index contributed by atoms with van der Waals surface area (Å²) in [4.78, 5) is 16.3. The van der Waals surface area contributed by atoms with Crippen molar-refractivity contribution in [2.24, 2.45) is 11.7 Å². The molecule has 3 atom stereocenters. The van der Waals surface area contributed by atoms with Crippen molar-refractivity contribution in [1.82, 2.24) is 10.3 Å². The maximum atomic E-state index is 11.9. The summed E-state index contributed by atoms with van der Waals surface area (Å²) in [5.74, 6) is 0.452. The van der Waals surface area contributed by atoms with Crippen LogP contribution in [0.1, 0.15) is 49.4 Å². The minimum Gasteiger partial charge on any atom is -0.347 e. The highest BCUT2D eigenvalue weighted by molar-refractivity contribution is 7.09. The number of hydrogen-bond acceptors (Lipinski definition) is 4. The lowest BCUT2D eigenvalue weighted by Gasteiger charge is -2.17. The highest BCUT2D eigenvalue weighted by atomic mass is 35.5. The maximum Gasteiger partial charge on any atom is 0.220 e. The van der Waals surface area contributed by atoms with E-state index in [1.165, 1.54) is 0 Å². The topological polar surface area (TPSA) is 68.0 Å². The van der Waals surface area contributed by atoms with Gasteiger partial charge in [-0.25, -0.2) is 4.98 Å². The lowest BCUT2D eigenvalue weighted by molar-refractivity contribution is -0.122. The number of halogens is 2. The normalized spacial score (nSPS) is 22.6. The number of carbonyl (C=O) groups excluding carboxylic acids is 1. The van der Waals surface area contributed by atoms with Crippen molar-refractivity contribution < 1.29 is 4.79 Å². The molecule has 20 heavy (non-hydrogen) atoms. The van der Waals surface area contributed by atoms with Gasteiger partial charge in [0.1, 0.15) is 5.01 Å². The van der Waals surface area contributed by atoms with Crippen LogP contribution in [0.5, 0.6) is 0 Å². The third-order valence-electron chi connectivity index (χ3n) is 3.55. The minimum absolute atomic E-state index is 0. The van der Waals surface area contributed by atoms with E-state index in [2.05, 4.69) is 10.3 Å². The fourth-order valence-electron chi connectivity index (χ4n) is 2.49. The average Bonchev–Trinajstić information content (AvgIpc) is 2.89. The van der Waals surface area contributed by atoms with Crippen LogP contribution in [-0.4, -0.2) is 16.9 Å². The predicted molar refractivity (Wildman–Crippen MR) is 87.8 cm³/mol. The molecule has 0 aliphatic heterocycles. The summed E-state index contributed by atoms with van der Waals surface area (Å²) < 4.78 is 0. The molecule has 1 fully saturated rings. The molecule has 1 aromatic rings. The van der Waals surface area contributed by atoms with Crippen LogP contribution in [0.15, 0.2) is 5.38 Å². The Hall–Kier alpha value is -0.360. The molecule has 7 heteroatoms. The molecule has 0 saturated heterocycles. The molecular weight excluding hydrogens is 317 g/mol. The number of nitrogens with zero attached hydrogens (tertiary/aromatic N) is 1. The molecule has 0 aromatic carbocycles. The Morgan fingerprint density at radius 2 is 2.25 bits per heavy atom. The lowest BCUT2D eigenvalue weighted by Crippen LogP contribution is -2.32. The predicted octanol–water partition coefficient (Wildman–Crippen LogP) is 2.99. The minimum atomic E-state index is -0.00572. The van der Waals surface area contributed by atoms with Crippen LogP contribution in [0.3, 0.4) is 0 Å². The molecule has 1 aliphatic rings. The number of rotatable bonds is 4. The molecular formula is C13H23Cl2N3OS. The Kier molecular flexibility index (Phi) is 8.66. The monoisotopic (exact) mass is 339 g/mol. The molecule has 1 unspecified atom stereocenters. The Labute approximate surface area is 136 Å². The van der Waals surface area contributed by atoms with Gasteiger partial charge in [0.05, 0.1) is 6.04 Å². The molecule has 3 N–H and O–H groups in total. The van der Waals surface area contributed by atoms with Crippen LogP contribution in [0.25, 0.3) is 0 Å². The molecule has 2 rings (SSSR count). The zero-order valence-corrected chi connectivity index (χ0v) is 14.2. The van der Waals surface area contributed by atoms with Gasteiger partial charge in [-0.1, -0.05) is 6.42 Å². The summed E-state index contributed by atoms with van der Waals surface area (Å²) in [6.07, 6.45) is 3.84. The Morgan fingerprint density at radius 3 is 2.75 bits per heavy atom. The number of thiazole rings is 1. The van der Waals surface area contributed by atoms with Crippen LogP contribution in [0.4, 0.5) is 0 Å². The first-order valence-electron chi connectivity index (χ1n) is 6.53. The average molecular weight is 340 g/mol. The van der Waals surface area contributed by atoms with Crippen molar-refractivity contribution >= 4 is 42.1 Å². The zero-order chi connectivity index (χ0) is 13.1. The van der Waals surface area contributed by atoms with Gasteiger partial charge in [-0.15, -0.1) is 36.2 Å². The van der Waals surface area contributed by atoms with E-state index < -0.39 is 0 Å². The Morgan fingerprint density at radius 1 is 1.55 bits per heavy atom. The molecule has 1 amide bonds. The van der Waals surface area contributed by atoms with E-state index in [4.69, 9.17) is 5.73 Å². The molecule has 1 aromatic heterocycles. The van der Waals surface area contributed by atoms with E-state index in [0.29, 0.717) is 12.3 Å². The quantitative estimate of drug-likeness (QED) is 0.885. The first kappa shape index (κ1) is 19.6. The van der Waals surface area contributed by atoms with Crippen LogP contribution >= 0.6 is 36.2 Å². The van der Waals surface area contributed by atoms with Crippen molar-refractivity contribution in [2.75, 3.05) is 0 Å². The van der Waals surface area contributed by atoms with Crippen molar-refractivity contribution in [3.05, 3.63) is 16.1 Å². The van der Waals surface area contributed by atoms with Crippen LogP contribution in [0.2, 0.25) is 0 Å². The third kappa shape index (κ3) is 5.20. The van der Waals surface area contributed by atoms with Gasteiger partial charge in [0.15, 0.2) is 0 Å². The molecule has 1 heterocycles. The number of carbonyl (C=O) groups is 1. The van der Waals surface area contributed by atoms with E-state index in [1.54, 1.807) is 11.3 Å². The number of hydrogen-bond donors (Lipinski definition) is 2. The number of aryl methyl sites for hydroxylation is 1. The van der Waals surface area contributed by atoms with Gasteiger partial charge < -0.3 is 11.1 Å². The summed E-state index contributed by atoms with van der Waals surface area (Å²) in [7, 11) is 0. The smallest absolute Gasteiger partial charge is 0.220 e. The first-order chi connectivity index (χ1) is 8.56. The molecule has 0 bridgehead atoms. The largest absolute Gasteiger partial charge is 0.347 e. The fourth-order valence-corrected chi connectivity index (χ4v) is 3.29. The highest BCUT2D eigenvalue weighted by Crippen LogP contribution is 2.27. The SMILES string of the molecule is Cc1csc(C(C)NC(=O)C[C@@H]2CCC[C@H]2N)n1.Cl.Cl. The van der Waals surface area contributed by atoms with E-state index in [-0.39, 0.29) is 42.8 Å². The molecule has 116 valence electrons. The van der Waals surface area contributed by atoms with E-state index in [9.17, 15) is 4.79 Å². The van der Waals surface area contributed by atoms with Gasteiger partial charge in [0.2, 0.25) is 5.91 Å². The van der Waals surface area contributed by atoms with Gasteiger partial charge >= 0.3 is 0 Å². The first-order valence-corrected chi connectivity index (χ1v) is 7.41. The molecule has 1 saturated carbocycles. The summed E-state index contributed by atoms with van der Waals surface area (Å²) in [6, 6.07) is 0.196. The third-order valence-corrected chi connectivity index (χ3v) is 4.70. The van der Waals surface area contributed by atoms with Gasteiger partial charge in [-0.3, -0.25) is 4.79 Å². The molecule has 4 nitrogen and oxygen atoms in total. The van der Waals surface area contributed by atoms with Gasteiger partial charge in [-0.05, 0) is 32.6 Å². The molecule has 1 aliphatic carbocycles. The van der Waals surface area contributed by atoms with Crippen molar-refractivity contribution in [1.29, 1.82) is 0 Å². The van der Waals surface area contributed by atoms with E-state index in [1.807, 2.05) is 19.2 Å². The van der Waals surface area contributed by atoms with Crippen LogP contribution in [-0.2, 0) is 4.79 Å². The number of aromatic nitrogens is 1. The molecule has 0 spiro atoms. The Bertz CT molecular complexity index is 428. The van der Waals surface area contributed by atoms with Crippen molar-refractivity contribution in [2.45, 2.75) is 51.6 Å². The summed E-state index contributed by atoms with van der Waals surface area (Å²) in [6.45, 7) is 3.94. The van der Waals surface area contributed by atoms with Gasteiger partial charge in [-0.2, -0.15) is 0 Å². The van der Waals surface area contributed by atoms with Crippen LogP contribution < -0.4 is 11.1 Å². The zero-order valence-electron chi connectivity index (χ0n) is 11.8. The Balaban J connectivity index is 0.00000180. The summed E-state index contributed by atoms with van der Waals surface area (Å²) in [5, 5.41) is 5.98. The standard InChI is InChI=1S/C13H21N3OS.2ClH/c1-8-7-18-13(15-8)9(2)16-12(17)6-10-4-3-5-11(10)14;;/h7,9-11H,3-6,14H2,1-2H3,(H,16,17);2*1H/t9?,10-,11+;;/m0../s1. The summed E-state index contributed by atoms with van der Waals surface area (Å²) in [5.41, 5.74) is 6.99. The second-order valence-corrected chi connectivity index (χ2v) is 6.06. The second kappa shape index (κ2) is 8.82.